The maximum absolute atomic E-state index is 13.7. The molecule has 5 aromatic rings. The number of hydrogen-bond acceptors (Lipinski definition) is 7. The topological polar surface area (TPSA) is 126 Å². The molecule has 2 amide bonds. The molecule has 0 saturated carbocycles. The molecule has 11 nitrogen and oxygen atoms in total. The van der Waals surface area contributed by atoms with Gasteiger partial charge < -0.3 is 20.9 Å². The number of amides is 2. The van der Waals surface area contributed by atoms with Gasteiger partial charge in [-0.25, -0.2) is 23.4 Å². The third kappa shape index (κ3) is 7.91. The molecule has 0 aliphatic heterocycles. The first kappa shape index (κ1) is 33.5. The van der Waals surface area contributed by atoms with Crippen molar-refractivity contribution < 1.29 is 18.4 Å². The van der Waals surface area contributed by atoms with Crippen LogP contribution in [-0.2, 0) is 13.6 Å². The molecule has 0 aliphatic rings. The largest absolute Gasteiger partial charge is 0.351 e. The first-order valence-electron chi connectivity index (χ1n) is 15.0. The maximum Gasteiger partial charge on any atom is 0.280 e. The minimum absolute atomic E-state index is 0.0102. The van der Waals surface area contributed by atoms with E-state index in [1.807, 2.05) is 31.1 Å². The Morgan fingerprint density at radius 2 is 1.73 bits per heavy atom. The highest BCUT2D eigenvalue weighted by Gasteiger charge is 2.21. The van der Waals surface area contributed by atoms with E-state index in [2.05, 4.69) is 37.8 Å². The molecule has 2 heterocycles. The van der Waals surface area contributed by atoms with Crippen molar-refractivity contribution in [3.8, 4) is 11.8 Å². The quantitative estimate of drug-likeness (QED) is 0.197. The minimum Gasteiger partial charge on any atom is -0.351 e. The van der Waals surface area contributed by atoms with Gasteiger partial charge in [0.05, 0.1) is 18.6 Å². The molecule has 3 N–H and O–H groups in total. The fraction of sp³-hybridized carbons (Fsp3) is 0.229. The fourth-order valence-corrected chi connectivity index (χ4v) is 4.87. The van der Waals surface area contributed by atoms with Gasteiger partial charge in [-0.3, -0.25) is 19.1 Å². The Hall–Kier alpha value is -5.87. The van der Waals surface area contributed by atoms with Crippen LogP contribution < -0.4 is 21.5 Å². The maximum atomic E-state index is 13.7. The van der Waals surface area contributed by atoms with Crippen LogP contribution in [0, 0.1) is 30.4 Å². The second-order valence-corrected chi connectivity index (χ2v) is 11.3. The zero-order chi connectivity index (χ0) is 34.4. The Morgan fingerprint density at radius 3 is 2.46 bits per heavy atom. The number of carbonyl (C=O) groups excluding carboxylic acids is 2. The van der Waals surface area contributed by atoms with E-state index in [9.17, 15) is 23.2 Å². The van der Waals surface area contributed by atoms with Crippen LogP contribution in [-0.4, -0.2) is 69.8 Å². The average molecular weight is 653 g/mol. The van der Waals surface area contributed by atoms with Gasteiger partial charge in [0.2, 0.25) is 5.95 Å². The number of carbonyl (C=O) groups is 2. The molecule has 0 saturated heterocycles. The Kier molecular flexibility index (Phi) is 10.3. The number of likely N-dealkylation sites (N-methyl/N-ethyl adjacent to an activating group) is 1. The van der Waals surface area contributed by atoms with Crippen molar-refractivity contribution in [2.75, 3.05) is 39.0 Å². The van der Waals surface area contributed by atoms with Crippen LogP contribution in [0.5, 0.6) is 0 Å². The lowest BCUT2D eigenvalue weighted by Gasteiger charge is -2.11. The number of anilines is 2. The van der Waals surface area contributed by atoms with Crippen molar-refractivity contribution in [2.45, 2.75) is 13.5 Å². The lowest BCUT2D eigenvalue weighted by molar-refractivity contribution is 0.0945. The summed E-state index contributed by atoms with van der Waals surface area (Å²) in [5.41, 5.74) is 2.88. The highest BCUT2D eigenvalue weighted by molar-refractivity contribution is 5.95. The molecule has 3 aromatic carbocycles. The average Bonchev–Trinajstić information content (AvgIpc) is 3.27. The SMILES string of the molecule is Cc1c(C(=O)NCC#Cc2ccc3nc(Nc4ccc(C(=O)NCCN(C)C)cc4)ncc3c2)c(=O)n(Cc2ccc(F)c(F)c2)n1C. The summed E-state index contributed by atoms with van der Waals surface area (Å²) in [4.78, 5) is 49.2. The summed E-state index contributed by atoms with van der Waals surface area (Å²) in [6.45, 7) is 2.90. The molecule has 48 heavy (non-hydrogen) atoms. The second-order valence-electron chi connectivity index (χ2n) is 11.3. The zero-order valence-corrected chi connectivity index (χ0v) is 26.9. The number of fused-ring (bicyclic) bond motifs is 1. The summed E-state index contributed by atoms with van der Waals surface area (Å²) in [5.74, 6) is 3.57. The van der Waals surface area contributed by atoms with Crippen molar-refractivity contribution in [2.24, 2.45) is 7.05 Å². The van der Waals surface area contributed by atoms with Gasteiger partial charge in [-0.1, -0.05) is 17.9 Å². The fourth-order valence-electron chi connectivity index (χ4n) is 4.87. The molecule has 0 aliphatic carbocycles. The minimum atomic E-state index is -1.01. The van der Waals surface area contributed by atoms with E-state index < -0.39 is 23.1 Å². The first-order chi connectivity index (χ1) is 23.0. The number of rotatable bonds is 10. The van der Waals surface area contributed by atoms with Crippen LogP contribution in [0.25, 0.3) is 10.9 Å². The lowest BCUT2D eigenvalue weighted by atomic mass is 10.1. The van der Waals surface area contributed by atoms with E-state index in [0.29, 0.717) is 40.4 Å². The van der Waals surface area contributed by atoms with Crippen LogP contribution in [0.15, 0.2) is 71.7 Å². The third-order valence-corrected chi connectivity index (χ3v) is 7.60. The highest BCUT2D eigenvalue weighted by atomic mass is 19.2. The monoisotopic (exact) mass is 652 g/mol. The van der Waals surface area contributed by atoms with E-state index in [4.69, 9.17) is 0 Å². The second kappa shape index (κ2) is 14.7. The molecule has 0 bridgehead atoms. The number of benzene rings is 3. The molecule has 0 fully saturated rings. The Labute approximate surface area is 275 Å². The molecular formula is C35H34F2N8O3. The van der Waals surface area contributed by atoms with Crippen molar-refractivity contribution >= 4 is 34.4 Å². The Morgan fingerprint density at radius 1 is 0.958 bits per heavy atom. The Bertz CT molecular complexity index is 2110. The zero-order valence-electron chi connectivity index (χ0n) is 26.9. The summed E-state index contributed by atoms with van der Waals surface area (Å²) < 4.78 is 29.8. The number of hydrogen-bond donors (Lipinski definition) is 3. The van der Waals surface area contributed by atoms with E-state index in [1.54, 1.807) is 50.5 Å². The molecule has 0 unspecified atom stereocenters. The van der Waals surface area contributed by atoms with Crippen molar-refractivity contribution in [3.05, 3.63) is 117 Å². The summed E-state index contributed by atoms with van der Waals surface area (Å²) >= 11 is 0. The molecule has 5 rings (SSSR count). The number of nitrogens with one attached hydrogen (secondary N) is 3. The van der Waals surface area contributed by atoms with Crippen LogP contribution >= 0.6 is 0 Å². The standard InChI is InChI=1S/C35H34F2N8O3/c1-22-31(34(48)45(44(22)4)21-24-7-13-28(36)29(37)19-24)33(47)38-15-5-6-23-8-14-30-26(18-23)20-40-35(42-30)41-27-11-9-25(10-12-27)32(46)39-16-17-43(2)3/h7-14,18-20H,15-17,21H2,1-4H3,(H,38,47)(H,39,46)(H,40,41,42). The summed E-state index contributed by atoms with van der Waals surface area (Å²) in [7, 11) is 5.51. The van der Waals surface area contributed by atoms with Gasteiger partial charge in [-0.05, 0) is 81.2 Å². The van der Waals surface area contributed by atoms with Gasteiger partial charge in [-0.15, -0.1) is 0 Å². The van der Waals surface area contributed by atoms with E-state index >= 15 is 0 Å². The summed E-state index contributed by atoms with van der Waals surface area (Å²) in [6, 6.07) is 15.9. The van der Waals surface area contributed by atoms with Crippen LogP contribution in [0.2, 0.25) is 0 Å². The number of nitrogens with zero attached hydrogens (tertiary/aromatic N) is 5. The lowest BCUT2D eigenvalue weighted by Crippen LogP contribution is -2.31. The summed E-state index contributed by atoms with van der Waals surface area (Å²) in [5, 5.41) is 9.45. The van der Waals surface area contributed by atoms with Crippen molar-refractivity contribution in [3.63, 3.8) is 0 Å². The van der Waals surface area contributed by atoms with Crippen molar-refractivity contribution in [1.29, 1.82) is 0 Å². The van der Waals surface area contributed by atoms with E-state index in [0.717, 1.165) is 29.8 Å². The predicted molar refractivity (Wildman–Crippen MR) is 179 cm³/mol. The smallest absolute Gasteiger partial charge is 0.280 e. The summed E-state index contributed by atoms with van der Waals surface area (Å²) in [6.07, 6.45) is 1.67. The first-order valence-corrected chi connectivity index (χ1v) is 15.0. The molecular weight excluding hydrogens is 618 g/mol. The molecule has 0 radical (unpaired) electrons. The van der Waals surface area contributed by atoms with Gasteiger partial charge in [0.15, 0.2) is 11.6 Å². The van der Waals surface area contributed by atoms with Crippen molar-refractivity contribution in [1.82, 2.24) is 34.9 Å². The van der Waals surface area contributed by atoms with Crippen LogP contribution in [0.1, 0.15) is 37.5 Å². The molecule has 2 aromatic heterocycles. The predicted octanol–water partition coefficient (Wildman–Crippen LogP) is 3.58. The normalized spacial score (nSPS) is 10.9. The van der Waals surface area contributed by atoms with Gasteiger partial charge in [-0.2, -0.15) is 0 Å². The van der Waals surface area contributed by atoms with Gasteiger partial charge in [0.1, 0.15) is 5.56 Å². The molecule has 0 spiro atoms. The number of aromatic nitrogens is 4. The molecule has 13 heteroatoms. The molecule has 246 valence electrons. The van der Waals surface area contributed by atoms with Gasteiger partial charge in [0, 0.05) is 54.2 Å². The van der Waals surface area contributed by atoms with Gasteiger partial charge >= 0.3 is 0 Å². The molecule has 0 atom stereocenters. The Balaban J connectivity index is 1.18. The van der Waals surface area contributed by atoms with Crippen LogP contribution in [0.3, 0.4) is 0 Å². The van der Waals surface area contributed by atoms with Gasteiger partial charge in [0.25, 0.3) is 17.4 Å². The van der Waals surface area contributed by atoms with E-state index in [-0.39, 0.29) is 24.6 Å². The highest BCUT2D eigenvalue weighted by Crippen LogP contribution is 2.18. The van der Waals surface area contributed by atoms with E-state index in [1.165, 1.54) is 15.4 Å². The third-order valence-electron chi connectivity index (χ3n) is 7.60. The number of halogens is 2. The van der Waals surface area contributed by atoms with Crippen LogP contribution in [0.4, 0.5) is 20.4 Å².